The molecule has 0 atom stereocenters. The monoisotopic (exact) mass is 401 g/mol. The fourth-order valence-electron chi connectivity index (χ4n) is 2.89. The number of nitrogens with one attached hydrogen (secondary N) is 2. The van der Waals surface area contributed by atoms with Gasteiger partial charge in [-0.1, -0.05) is 26.0 Å². The summed E-state index contributed by atoms with van der Waals surface area (Å²) in [5.74, 6) is 1.92. The Hall–Kier alpha value is -2.61. The number of fused-ring (bicyclic) bond motifs is 1. The number of ether oxygens (including phenoxy) is 1. The van der Waals surface area contributed by atoms with Crippen LogP contribution in [0.15, 0.2) is 34.6 Å². The third kappa shape index (κ3) is 5.01. The van der Waals surface area contributed by atoms with Crippen LogP contribution in [-0.2, 0) is 11.3 Å². The zero-order valence-electron chi connectivity index (χ0n) is 16.6. The topological polar surface area (TPSA) is 78.9 Å². The normalized spacial score (nSPS) is 14.1. The lowest BCUT2D eigenvalue weighted by molar-refractivity contribution is -0.121. The highest BCUT2D eigenvalue weighted by Crippen LogP contribution is 2.31. The minimum absolute atomic E-state index is 0.00839. The quantitative estimate of drug-likeness (QED) is 0.424. The largest absolute Gasteiger partial charge is 0.482 e. The first-order valence-corrected chi connectivity index (χ1v) is 10.4. The number of anilines is 1. The highest BCUT2D eigenvalue weighted by atomic mass is 32.1. The molecule has 150 valence electrons. The molecule has 1 amide bonds. The number of benzene rings is 1. The van der Waals surface area contributed by atoms with Crippen molar-refractivity contribution in [3.8, 4) is 5.75 Å². The van der Waals surface area contributed by atoms with Crippen molar-refractivity contribution in [1.82, 2.24) is 15.6 Å². The SMILES string of the molecule is CN=C(NCCCN1C(=O)COc2ccccc21)NCc1nc(C(C)C)cs1. The minimum Gasteiger partial charge on any atom is -0.482 e. The van der Waals surface area contributed by atoms with Gasteiger partial charge in [-0.3, -0.25) is 9.79 Å². The minimum atomic E-state index is -0.00839. The molecule has 0 saturated heterocycles. The molecule has 0 bridgehead atoms. The molecule has 1 aliphatic heterocycles. The number of guanidine groups is 1. The van der Waals surface area contributed by atoms with Crippen LogP contribution in [0.2, 0.25) is 0 Å². The van der Waals surface area contributed by atoms with Crippen LogP contribution in [0.3, 0.4) is 0 Å². The summed E-state index contributed by atoms with van der Waals surface area (Å²) >= 11 is 1.66. The number of amides is 1. The average molecular weight is 402 g/mol. The molecule has 7 nitrogen and oxygen atoms in total. The second-order valence-corrected chi connectivity index (χ2v) is 7.77. The predicted molar refractivity (Wildman–Crippen MR) is 113 cm³/mol. The Balaban J connectivity index is 1.44. The van der Waals surface area contributed by atoms with E-state index in [1.54, 1.807) is 23.3 Å². The standard InChI is InChI=1S/C20H27N5O2S/c1-14(2)15-13-28-18(24-15)11-23-20(21-3)22-9-6-10-25-16-7-4-5-8-17(16)27-12-19(25)26/h4-5,7-8,13-14H,6,9-12H2,1-3H3,(H2,21,22,23). The van der Waals surface area contributed by atoms with Crippen molar-refractivity contribution in [1.29, 1.82) is 0 Å². The molecular formula is C20H27N5O2S. The second kappa shape index (κ2) is 9.54. The lowest BCUT2D eigenvalue weighted by Gasteiger charge is -2.29. The van der Waals surface area contributed by atoms with Crippen molar-refractivity contribution >= 4 is 28.9 Å². The van der Waals surface area contributed by atoms with Gasteiger partial charge in [-0.2, -0.15) is 0 Å². The van der Waals surface area contributed by atoms with Crippen LogP contribution in [0, 0.1) is 0 Å². The number of aromatic nitrogens is 1. The maximum Gasteiger partial charge on any atom is 0.265 e. The van der Waals surface area contributed by atoms with E-state index in [2.05, 4.69) is 39.8 Å². The van der Waals surface area contributed by atoms with Gasteiger partial charge in [0.25, 0.3) is 5.91 Å². The third-order valence-electron chi connectivity index (χ3n) is 4.45. The van der Waals surface area contributed by atoms with E-state index in [0.29, 0.717) is 25.6 Å². The molecule has 2 aromatic rings. The third-order valence-corrected chi connectivity index (χ3v) is 5.32. The Morgan fingerprint density at radius 2 is 2.18 bits per heavy atom. The van der Waals surface area contributed by atoms with E-state index < -0.39 is 0 Å². The molecule has 0 unspecified atom stereocenters. The molecule has 0 radical (unpaired) electrons. The highest BCUT2D eigenvalue weighted by molar-refractivity contribution is 7.09. The molecule has 28 heavy (non-hydrogen) atoms. The first kappa shape index (κ1) is 20.1. The molecule has 8 heteroatoms. The van der Waals surface area contributed by atoms with Crippen LogP contribution in [0.5, 0.6) is 5.75 Å². The van der Waals surface area contributed by atoms with Crippen LogP contribution >= 0.6 is 11.3 Å². The summed E-state index contributed by atoms with van der Waals surface area (Å²) in [6.45, 7) is 6.37. The molecule has 0 saturated carbocycles. The molecule has 0 fully saturated rings. The van der Waals surface area contributed by atoms with Crippen molar-refractivity contribution < 1.29 is 9.53 Å². The predicted octanol–water partition coefficient (Wildman–Crippen LogP) is 2.75. The Labute approximate surface area is 169 Å². The number of carbonyl (C=O) groups excluding carboxylic acids is 1. The fourth-order valence-corrected chi connectivity index (χ4v) is 3.79. The summed E-state index contributed by atoms with van der Waals surface area (Å²) < 4.78 is 5.48. The smallest absolute Gasteiger partial charge is 0.265 e. The lowest BCUT2D eigenvalue weighted by Crippen LogP contribution is -2.41. The van der Waals surface area contributed by atoms with E-state index in [4.69, 9.17) is 4.74 Å². The molecule has 0 spiro atoms. The van der Waals surface area contributed by atoms with Crippen LogP contribution in [0.25, 0.3) is 0 Å². The van der Waals surface area contributed by atoms with Gasteiger partial charge in [-0.05, 0) is 24.5 Å². The van der Waals surface area contributed by atoms with Crippen LogP contribution in [-0.4, -0.2) is 43.6 Å². The number of aliphatic imine (C=N–C) groups is 1. The van der Waals surface area contributed by atoms with Gasteiger partial charge in [0.05, 0.1) is 17.9 Å². The van der Waals surface area contributed by atoms with E-state index in [1.165, 1.54) is 0 Å². The van der Waals surface area contributed by atoms with Gasteiger partial charge in [0.2, 0.25) is 0 Å². The summed E-state index contributed by atoms with van der Waals surface area (Å²) in [5.41, 5.74) is 1.96. The Morgan fingerprint density at radius 1 is 1.36 bits per heavy atom. The second-order valence-electron chi connectivity index (χ2n) is 6.83. The van der Waals surface area contributed by atoms with Gasteiger partial charge in [0.1, 0.15) is 10.8 Å². The van der Waals surface area contributed by atoms with Gasteiger partial charge in [-0.25, -0.2) is 4.98 Å². The van der Waals surface area contributed by atoms with Crippen molar-refractivity contribution in [2.24, 2.45) is 4.99 Å². The zero-order chi connectivity index (χ0) is 19.9. The maximum atomic E-state index is 12.2. The van der Waals surface area contributed by atoms with Crippen LogP contribution in [0.1, 0.15) is 36.9 Å². The summed E-state index contributed by atoms with van der Waals surface area (Å²) in [5, 5.41) is 9.73. The number of hydrogen-bond acceptors (Lipinski definition) is 5. The molecule has 1 aromatic carbocycles. The molecule has 0 aliphatic carbocycles. The molecule has 3 rings (SSSR count). The Kier molecular flexibility index (Phi) is 6.86. The van der Waals surface area contributed by atoms with E-state index >= 15 is 0 Å². The molecule has 1 aromatic heterocycles. The fraction of sp³-hybridized carbons (Fsp3) is 0.450. The number of thiazole rings is 1. The summed E-state index contributed by atoms with van der Waals surface area (Å²) in [4.78, 5) is 22.9. The van der Waals surface area contributed by atoms with Crippen molar-refractivity contribution in [3.63, 3.8) is 0 Å². The Bertz CT molecular complexity index is 834. The van der Waals surface area contributed by atoms with E-state index in [9.17, 15) is 4.79 Å². The first-order valence-electron chi connectivity index (χ1n) is 9.49. The zero-order valence-corrected chi connectivity index (χ0v) is 17.4. The lowest BCUT2D eigenvalue weighted by atomic mass is 10.2. The van der Waals surface area contributed by atoms with Gasteiger partial charge in [-0.15, -0.1) is 11.3 Å². The molecule has 2 N–H and O–H groups in total. The van der Waals surface area contributed by atoms with Crippen molar-refractivity contribution in [2.75, 3.05) is 31.6 Å². The highest BCUT2D eigenvalue weighted by Gasteiger charge is 2.24. The van der Waals surface area contributed by atoms with Crippen molar-refractivity contribution in [2.45, 2.75) is 32.7 Å². The summed E-state index contributed by atoms with van der Waals surface area (Å²) in [6, 6.07) is 7.64. The molecule has 1 aliphatic rings. The van der Waals surface area contributed by atoms with Crippen molar-refractivity contribution in [3.05, 3.63) is 40.3 Å². The number of rotatable bonds is 7. The van der Waals surface area contributed by atoms with Gasteiger partial charge in [0, 0.05) is 25.5 Å². The number of carbonyl (C=O) groups is 1. The van der Waals surface area contributed by atoms with Crippen LogP contribution in [0.4, 0.5) is 5.69 Å². The number of hydrogen-bond donors (Lipinski definition) is 2. The summed E-state index contributed by atoms with van der Waals surface area (Å²) in [7, 11) is 1.75. The number of nitrogens with zero attached hydrogens (tertiary/aromatic N) is 3. The van der Waals surface area contributed by atoms with Crippen LogP contribution < -0.4 is 20.3 Å². The van der Waals surface area contributed by atoms with E-state index in [0.717, 1.165) is 34.5 Å². The first-order chi connectivity index (χ1) is 13.6. The van der Waals surface area contributed by atoms with Gasteiger partial charge < -0.3 is 20.3 Å². The molecule has 2 heterocycles. The van der Waals surface area contributed by atoms with Gasteiger partial charge >= 0.3 is 0 Å². The van der Waals surface area contributed by atoms with Gasteiger partial charge in [0.15, 0.2) is 12.6 Å². The molecular weight excluding hydrogens is 374 g/mol. The summed E-state index contributed by atoms with van der Waals surface area (Å²) in [6.07, 6.45) is 0.801. The Morgan fingerprint density at radius 3 is 2.93 bits per heavy atom. The maximum absolute atomic E-state index is 12.2. The van der Waals surface area contributed by atoms with E-state index in [-0.39, 0.29) is 12.5 Å². The number of para-hydroxylation sites is 2. The average Bonchev–Trinajstić information content (AvgIpc) is 3.18. The van der Waals surface area contributed by atoms with E-state index in [1.807, 2.05) is 24.3 Å².